The number of anilines is 2. The molecule has 0 fully saturated rings. The van der Waals surface area contributed by atoms with Crippen LogP contribution in [0.1, 0.15) is 11.9 Å². The van der Waals surface area contributed by atoms with Gasteiger partial charge in [0.2, 0.25) is 0 Å². The fourth-order valence-corrected chi connectivity index (χ4v) is 3.35. The molecule has 2 aromatic heterocycles. The van der Waals surface area contributed by atoms with Crippen molar-refractivity contribution in [2.24, 2.45) is 0 Å². The van der Waals surface area contributed by atoms with Crippen LogP contribution in [0.25, 0.3) is 11.1 Å². The lowest BCUT2D eigenvalue weighted by atomic mass is 10.1. The van der Waals surface area contributed by atoms with E-state index in [4.69, 9.17) is 0 Å². The number of carbonyl (C=O) groups is 1. The largest absolute Gasteiger partial charge is 0.372 e. The molecular weight excluding hydrogens is 372 g/mol. The summed E-state index contributed by atoms with van der Waals surface area (Å²) in [7, 11) is 3.10. The van der Waals surface area contributed by atoms with Gasteiger partial charge >= 0.3 is 6.03 Å². The first kappa shape index (κ1) is 18.9. The molecule has 1 aliphatic heterocycles. The molecule has 1 aromatic carbocycles. The number of aliphatic hydroxyl groups excluding tert-OH is 2. The molecular formula is C20H22N6O3. The van der Waals surface area contributed by atoms with E-state index in [0.29, 0.717) is 17.3 Å². The molecule has 0 saturated heterocycles. The molecule has 3 aromatic rings. The van der Waals surface area contributed by atoms with Crippen molar-refractivity contribution in [3.8, 4) is 11.1 Å². The third-order valence-electron chi connectivity index (χ3n) is 4.93. The average Bonchev–Trinajstić information content (AvgIpc) is 3.15. The Kier molecular flexibility index (Phi) is 4.91. The van der Waals surface area contributed by atoms with Crippen molar-refractivity contribution in [2.75, 3.05) is 24.3 Å². The highest BCUT2D eigenvalue weighted by atomic mass is 16.3. The fraction of sp³-hybridized carbons (Fsp3) is 0.250. The number of aromatic nitrogens is 3. The molecule has 0 spiro atoms. The lowest BCUT2D eigenvalue weighted by Crippen LogP contribution is -2.46. The second kappa shape index (κ2) is 7.53. The van der Waals surface area contributed by atoms with Gasteiger partial charge in [-0.1, -0.05) is 30.3 Å². The van der Waals surface area contributed by atoms with Crippen LogP contribution in [0.15, 0.2) is 55.0 Å². The Balaban J connectivity index is 1.47. The van der Waals surface area contributed by atoms with Gasteiger partial charge in [-0.15, -0.1) is 0 Å². The van der Waals surface area contributed by atoms with Crippen LogP contribution in [-0.4, -0.2) is 56.0 Å². The highest BCUT2D eigenvalue weighted by Gasteiger charge is 2.36. The lowest BCUT2D eigenvalue weighted by molar-refractivity contribution is 0.0361. The summed E-state index contributed by atoms with van der Waals surface area (Å²) in [6, 6.07) is 13.3. The van der Waals surface area contributed by atoms with Crippen molar-refractivity contribution >= 4 is 17.7 Å². The fourth-order valence-electron chi connectivity index (χ4n) is 3.35. The molecule has 9 nitrogen and oxygen atoms in total. The van der Waals surface area contributed by atoms with E-state index >= 15 is 0 Å². The van der Waals surface area contributed by atoms with Crippen LogP contribution in [-0.2, 0) is 6.54 Å². The summed E-state index contributed by atoms with van der Waals surface area (Å²) in [6.45, 7) is 0.122. The highest BCUT2D eigenvalue weighted by molar-refractivity contribution is 5.93. The minimum absolute atomic E-state index is 0.122. The van der Waals surface area contributed by atoms with Gasteiger partial charge in [-0.3, -0.25) is 9.80 Å². The van der Waals surface area contributed by atoms with Crippen molar-refractivity contribution in [3.05, 3.63) is 60.7 Å². The van der Waals surface area contributed by atoms with Crippen LogP contribution >= 0.6 is 0 Å². The van der Waals surface area contributed by atoms with Gasteiger partial charge in [0.15, 0.2) is 12.0 Å². The molecule has 0 bridgehead atoms. The molecule has 0 radical (unpaired) electrons. The zero-order valence-electron chi connectivity index (χ0n) is 16.1. The van der Waals surface area contributed by atoms with Crippen LogP contribution in [0.4, 0.5) is 16.4 Å². The summed E-state index contributed by atoms with van der Waals surface area (Å²) in [4.78, 5) is 23.2. The predicted molar refractivity (Wildman–Crippen MR) is 108 cm³/mol. The molecule has 1 aliphatic rings. The number of nitrogens with zero attached hydrogens (tertiary/aromatic N) is 5. The summed E-state index contributed by atoms with van der Waals surface area (Å²) in [5, 5.41) is 23.8. The van der Waals surface area contributed by atoms with Gasteiger partial charge in [-0.05, 0) is 17.7 Å². The first-order valence-electron chi connectivity index (χ1n) is 9.15. The summed E-state index contributed by atoms with van der Waals surface area (Å²) in [5.74, 6) is 0.897. The maximum Gasteiger partial charge on any atom is 0.327 e. The van der Waals surface area contributed by atoms with Crippen LogP contribution in [0.2, 0.25) is 0 Å². The Morgan fingerprint density at radius 3 is 2.55 bits per heavy atom. The zero-order chi connectivity index (χ0) is 20.5. The number of hydrogen-bond acceptors (Lipinski definition) is 6. The zero-order valence-corrected chi connectivity index (χ0v) is 16.1. The van der Waals surface area contributed by atoms with Crippen molar-refractivity contribution in [3.63, 3.8) is 0 Å². The molecule has 2 atom stereocenters. The Labute approximate surface area is 167 Å². The predicted octanol–water partition coefficient (Wildman–Crippen LogP) is 1.87. The second-order valence-corrected chi connectivity index (χ2v) is 6.89. The van der Waals surface area contributed by atoms with Crippen molar-refractivity contribution in [1.82, 2.24) is 19.4 Å². The Bertz CT molecular complexity index is 1000. The van der Waals surface area contributed by atoms with Crippen LogP contribution in [0.3, 0.4) is 0 Å². The SMILES string of the molecule is CN1C(=O)N(C)C(O)c2c1ncn2CC(O)Nc1ccc(-c2ccccc2)cn1. The maximum atomic E-state index is 12.1. The average molecular weight is 394 g/mol. The third-order valence-corrected chi connectivity index (χ3v) is 4.93. The third kappa shape index (κ3) is 3.53. The number of imidazole rings is 1. The van der Waals surface area contributed by atoms with Crippen molar-refractivity contribution in [2.45, 2.75) is 19.0 Å². The number of amides is 2. The van der Waals surface area contributed by atoms with Gasteiger partial charge < -0.3 is 20.1 Å². The number of hydrogen-bond donors (Lipinski definition) is 3. The van der Waals surface area contributed by atoms with Crippen molar-refractivity contribution < 1.29 is 15.0 Å². The number of rotatable bonds is 5. The minimum atomic E-state index is -1.13. The number of urea groups is 1. The van der Waals surface area contributed by atoms with Crippen LogP contribution in [0.5, 0.6) is 0 Å². The number of benzene rings is 1. The van der Waals surface area contributed by atoms with Gasteiger partial charge in [0.05, 0.1) is 12.9 Å². The lowest BCUT2D eigenvalue weighted by Gasteiger charge is -2.34. The van der Waals surface area contributed by atoms with E-state index in [-0.39, 0.29) is 12.6 Å². The number of fused-ring (bicyclic) bond motifs is 1. The quantitative estimate of drug-likeness (QED) is 0.571. The molecule has 3 N–H and O–H groups in total. The van der Waals surface area contributed by atoms with Crippen LogP contribution in [0, 0.1) is 0 Å². The number of carbonyl (C=O) groups excluding carboxylic acids is 1. The van der Waals surface area contributed by atoms with E-state index in [0.717, 1.165) is 11.1 Å². The topological polar surface area (TPSA) is 107 Å². The second-order valence-electron chi connectivity index (χ2n) is 6.89. The first-order chi connectivity index (χ1) is 14.0. The summed E-state index contributed by atoms with van der Waals surface area (Å²) < 4.78 is 1.62. The standard InChI is InChI=1S/C20H22N6O3/c1-24-18-17(19(28)25(2)20(24)29)26(12-22-18)11-16(27)23-15-9-8-14(10-21-15)13-6-4-3-5-7-13/h3-10,12,16,19,27-28H,11H2,1-2H3,(H,21,23). The monoisotopic (exact) mass is 394 g/mol. The normalized spacial score (nSPS) is 17.2. The molecule has 9 heteroatoms. The molecule has 2 amide bonds. The highest BCUT2D eigenvalue weighted by Crippen LogP contribution is 2.32. The van der Waals surface area contributed by atoms with Gasteiger partial charge in [0.1, 0.15) is 17.7 Å². The minimum Gasteiger partial charge on any atom is -0.372 e. The Morgan fingerprint density at radius 2 is 1.86 bits per heavy atom. The van der Waals surface area contributed by atoms with Crippen LogP contribution < -0.4 is 10.2 Å². The number of aliphatic hydroxyl groups is 2. The smallest absolute Gasteiger partial charge is 0.327 e. The number of nitrogens with one attached hydrogen (secondary N) is 1. The van der Waals surface area contributed by atoms with E-state index in [1.165, 1.54) is 23.2 Å². The van der Waals surface area contributed by atoms with E-state index in [9.17, 15) is 15.0 Å². The maximum absolute atomic E-state index is 12.1. The van der Waals surface area contributed by atoms with E-state index in [1.807, 2.05) is 36.4 Å². The number of pyridine rings is 1. The van der Waals surface area contributed by atoms with Gasteiger partial charge in [0, 0.05) is 25.9 Å². The van der Waals surface area contributed by atoms with E-state index in [1.54, 1.807) is 23.9 Å². The molecule has 2 unspecified atom stereocenters. The van der Waals surface area contributed by atoms with Gasteiger partial charge in [-0.2, -0.15) is 0 Å². The van der Waals surface area contributed by atoms with Crippen molar-refractivity contribution in [1.29, 1.82) is 0 Å². The van der Waals surface area contributed by atoms with E-state index < -0.39 is 12.5 Å². The Hall–Kier alpha value is -3.43. The molecule has 3 heterocycles. The molecule has 0 saturated carbocycles. The molecule has 29 heavy (non-hydrogen) atoms. The summed E-state index contributed by atoms with van der Waals surface area (Å²) in [5.41, 5.74) is 2.49. The van der Waals surface area contributed by atoms with Gasteiger partial charge in [0.25, 0.3) is 0 Å². The molecule has 4 rings (SSSR count). The van der Waals surface area contributed by atoms with Gasteiger partial charge in [-0.25, -0.2) is 14.8 Å². The Morgan fingerprint density at radius 1 is 1.10 bits per heavy atom. The summed E-state index contributed by atoms with van der Waals surface area (Å²) >= 11 is 0. The van der Waals surface area contributed by atoms with E-state index in [2.05, 4.69) is 15.3 Å². The summed E-state index contributed by atoms with van der Waals surface area (Å²) in [6.07, 6.45) is 1.13. The molecule has 0 aliphatic carbocycles. The molecule has 150 valence electrons. The first-order valence-corrected chi connectivity index (χ1v) is 9.15.